The molecule has 0 fully saturated rings. The van der Waals surface area contributed by atoms with Gasteiger partial charge < -0.3 is 10.5 Å². The van der Waals surface area contributed by atoms with Gasteiger partial charge in [-0.3, -0.25) is 0 Å². The number of hydrogen-bond acceptors (Lipinski definition) is 6. The van der Waals surface area contributed by atoms with Crippen LogP contribution in [0.25, 0.3) is 16.9 Å². The topological polar surface area (TPSA) is 81.6 Å². The van der Waals surface area contributed by atoms with Crippen molar-refractivity contribution in [2.45, 2.75) is 6.30 Å². The van der Waals surface area contributed by atoms with Gasteiger partial charge in [-0.25, -0.2) is 14.9 Å². The van der Waals surface area contributed by atoms with Gasteiger partial charge in [0, 0.05) is 18.3 Å². The Balaban J connectivity index is 1.85. The number of rotatable bonds is 6. The number of benzene rings is 1. The molecule has 0 aliphatic carbocycles. The van der Waals surface area contributed by atoms with E-state index in [4.69, 9.17) is 10.5 Å². The first-order valence-electron chi connectivity index (χ1n) is 9.04. The predicted octanol–water partition coefficient (Wildman–Crippen LogP) is 3.79. The number of nitrogens with two attached hydrogens (primary N) is 1. The fourth-order valence-corrected chi connectivity index (χ4v) is 2.99. The molecule has 0 aliphatic heterocycles. The average molecular weight is 414 g/mol. The van der Waals surface area contributed by atoms with E-state index in [1.54, 1.807) is 42.5 Å². The first kappa shape index (κ1) is 19.6. The Morgan fingerprint density at radius 3 is 2.53 bits per heavy atom. The second kappa shape index (κ2) is 7.99. The maximum atomic E-state index is 13.9. The van der Waals surface area contributed by atoms with Crippen molar-refractivity contribution < 1.29 is 17.9 Å². The van der Waals surface area contributed by atoms with Crippen molar-refractivity contribution in [2.75, 3.05) is 18.1 Å². The third-order valence-corrected chi connectivity index (χ3v) is 4.24. The van der Waals surface area contributed by atoms with Crippen molar-refractivity contribution in [3.8, 4) is 17.0 Å². The number of halogens is 3. The third kappa shape index (κ3) is 3.77. The zero-order valence-electron chi connectivity index (χ0n) is 15.6. The standard InChI is InChI=1S/C20H17F3N6O/c21-20(22,23)28(17-7-3-4-11-25-17)19-13-26-18-9-8-15(27-29(18)19)14-5-1-2-6-16(14)30-12-10-24/h1-9,11,13H,10,12,24H2. The van der Waals surface area contributed by atoms with E-state index in [0.29, 0.717) is 30.2 Å². The minimum atomic E-state index is -4.73. The Labute approximate surface area is 169 Å². The van der Waals surface area contributed by atoms with Crippen molar-refractivity contribution in [1.82, 2.24) is 19.6 Å². The molecule has 0 unspecified atom stereocenters. The maximum absolute atomic E-state index is 13.9. The number of ether oxygens (including phenoxy) is 1. The molecule has 4 aromatic rings. The van der Waals surface area contributed by atoms with E-state index in [-0.39, 0.29) is 22.2 Å². The number of aromatic nitrogens is 4. The Morgan fingerprint density at radius 1 is 1.00 bits per heavy atom. The van der Waals surface area contributed by atoms with Gasteiger partial charge in [0.25, 0.3) is 0 Å². The Kier molecular flexibility index (Phi) is 5.23. The Morgan fingerprint density at radius 2 is 1.80 bits per heavy atom. The number of imidazole rings is 1. The van der Waals surface area contributed by atoms with Gasteiger partial charge in [-0.2, -0.15) is 9.61 Å². The summed E-state index contributed by atoms with van der Waals surface area (Å²) in [5.74, 6) is -0.0297. The van der Waals surface area contributed by atoms with Crippen molar-refractivity contribution >= 4 is 17.3 Å². The minimum Gasteiger partial charge on any atom is -0.492 e. The molecule has 30 heavy (non-hydrogen) atoms. The van der Waals surface area contributed by atoms with E-state index >= 15 is 0 Å². The smallest absolute Gasteiger partial charge is 0.491 e. The number of pyridine rings is 1. The molecule has 3 heterocycles. The van der Waals surface area contributed by atoms with Gasteiger partial charge >= 0.3 is 6.30 Å². The first-order valence-corrected chi connectivity index (χ1v) is 9.04. The van der Waals surface area contributed by atoms with Crippen molar-refractivity contribution in [3.63, 3.8) is 0 Å². The molecule has 7 nitrogen and oxygen atoms in total. The van der Waals surface area contributed by atoms with Gasteiger partial charge in [-0.05, 0) is 36.4 Å². The van der Waals surface area contributed by atoms with Gasteiger partial charge in [0.15, 0.2) is 11.5 Å². The molecular weight excluding hydrogens is 397 g/mol. The average Bonchev–Trinajstić information content (AvgIpc) is 3.15. The van der Waals surface area contributed by atoms with Crippen molar-refractivity contribution in [2.24, 2.45) is 5.73 Å². The van der Waals surface area contributed by atoms with Crippen LogP contribution in [0.5, 0.6) is 5.75 Å². The molecule has 1 aromatic carbocycles. The fourth-order valence-electron chi connectivity index (χ4n) is 2.99. The lowest BCUT2D eigenvalue weighted by molar-refractivity contribution is -0.121. The maximum Gasteiger partial charge on any atom is 0.491 e. The summed E-state index contributed by atoms with van der Waals surface area (Å²) < 4.78 is 48.5. The molecule has 0 atom stereocenters. The highest BCUT2D eigenvalue weighted by molar-refractivity contribution is 5.69. The van der Waals surface area contributed by atoms with Crippen LogP contribution in [-0.4, -0.2) is 39.0 Å². The normalized spacial score (nSPS) is 11.6. The summed E-state index contributed by atoms with van der Waals surface area (Å²) in [6.07, 6.45) is -2.32. The van der Waals surface area contributed by atoms with Gasteiger partial charge in [-0.15, -0.1) is 13.2 Å². The highest BCUT2D eigenvalue weighted by Gasteiger charge is 2.41. The summed E-state index contributed by atoms with van der Waals surface area (Å²) in [5, 5.41) is 4.41. The molecule has 0 bridgehead atoms. The minimum absolute atomic E-state index is 0.139. The highest BCUT2D eigenvalue weighted by atomic mass is 19.4. The lowest BCUT2D eigenvalue weighted by atomic mass is 10.1. The van der Waals surface area contributed by atoms with Gasteiger partial charge in [0.1, 0.15) is 18.2 Å². The number of fused-ring (bicyclic) bond motifs is 1. The summed E-state index contributed by atoms with van der Waals surface area (Å²) in [6.45, 7) is 0.633. The van der Waals surface area contributed by atoms with Crippen LogP contribution < -0.4 is 15.4 Å². The molecule has 0 radical (unpaired) electrons. The molecular formula is C20H17F3N6O. The quantitative estimate of drug-likeness (QED) is 0.484. The van der Waals surface area contributed by atoms with E-state index in [0.717, 1.165) is 10.7 Å². The lowest BCUT2D eigenvalue weighted by Gasteiger charge is -2.24. The number of alkyl halides is 3. The Hall–Kier alpha value is -3.66. The second-order valence-electron chi connectivity index (χ2n) is 6.23. The first-order chi connectivity index (χ1) is 14.5. The molecule has 4 rings (SSSR count). The van der Waals surface area contributed by atoms with Gasteiger partial charge in [-0.1, -0.05) is 18.2 Å². The summed E-state index contributed by atoms with van der Waals surface area (Å²) >= 11 is 0. The van der Waals surface area contributed by atoms with E-state index in [1.165, 1.54) is 18.3 Å². The van der Waals surface area contributed by atoms with Crippen LogP contribution in [0.4, 0.5) is 24.8 Å². The largest absolute Gasteiger partial charge is 0.492 e. The molecule has 0 saturated carbocycles. The second-order valence-corrected chi connectivity index (χ2v) is 6.23. The molecule has 154 valence electrons. The number of para-hydroxylation sites is 1. The van der Waals surface area contributed by atoms with Crippen molar-refractivity contribution in [1.29, 1.82) is 0 Å². The molecule has 0 amide bonds. The molecule has 0 saturated heterocycles. The number of hydrogen-bond donors (Lipinski definition) is 1. The van der Waals surface area contributed by atoms with E-state index in [1.807, 2.05) is 0 Å². The van der Waals surface area contributed by atoms with E-state index < -0.39 is 6.30 Å². The molecule has 2 N–H and O–H groups in total. The molecule has 10 heteroatoms. The zero-order valence-corrected chi connectivity index (χ0v) is 15.6. The zero-order chi connectivity index (χ0) is 21.1. The van der Waals surface area contributed by atoms with Crippen molar-refractivity contribution in [3.05, 3.63) is 67.0 Å². The summed E-state index contributed by atoms with van der Waals surface area (Å²) in [5.41, 5.74) is 6.82. The summed E-state index contributed by atoms with van der Waals surface area (Å²) in [6, 6.07) is 14.7. The summed E-state index contributed by atoms with van der Waals surface area (Å²) in [7, 11) is 0. The van der Waals surface area contributed by atoms with Crippen LogP contribution in [-0.2, 0) is 0 Å². The SMILES string of the molecule is NCCOc1ccccc1-c1ccc2ncc(N(c3ccccn3)C(F)(F)F)n2n1. The molecule has 0 aliphatic rings. The number of anilines is 2. The van der Waals surface area contributed by atoms with Crippen LogP contribution >= 0.6 is 0 Å². The Bertz CT molecular complexity index is 1150. The summed E-state index contributed by atoms with van der Waals surface area (Å²) in [4.78, 5) is 8.05. The van der Waals surface area contributed by atoms with Crippen LogP contribution in [0, 0.1) is 0 Å². The third-order valence-electron chi connectivity index (χ3n) is 4.24. The van der Waals surface area contributed by atoms with E-state index in [9.17, 15) is 13.2 Å². The number of nitrogens with zero attached hydrogens (tertiary/aromatic N) is 5. The van der Waals surface area contributed by atoms with Crippen LogP contribution in [0.2, 0.25) is 0 Å². The van der Waals surface area contributed by atoms with Crippen LogP contribution in [0.15, 0.2) is 67.0 Å². The highest BCUT2D eigenvalue weighted by Crippen LogP contribution is 2.36. The van der Waals surface area contributed by atoms with Gasteiger partial charge in [0.2, 0.25) is 0 Å². The van der Waals surface area contributed by atoms with Crippen LogP contribution in [0.1, 0.15) is 0 Å². The predicted molar refractivity (Wildman–Crippen MR) is 105 cm³/mol. The van der Waals surface area contributed by atoms with E-state index in [2.05, 4.69) is 15.1 Å². The molecule has 0 spiro atoms. The fraction of sp³-hybridized carbons (Fsp3) is 0.150. The monoisotopic (exact) mass is 414 g/mol. The van der Waals surface area contributed by atoms with Gasteiger partial charge in [0.05, 0.1) is 11.9 Å². The van der Waals surface area contributed by atoms with Crippen LogP contribution in [0.3, 0.4) is 0 Å². The lowest BCUT2D eigenvalue weighted by Crippen LogP contribution is -2.35. The molecule has 3 aromatic heterocycles.